The van der Waals surface area contributed by atoms with E-state index in [-0.39, 0.29) is 11.7 Å². The van der Waals surface area contributed by atoms with E-state index in [4.69, 9.17) is 16.0 Å². The van der Waals surface area contributed by atoms with E-state index < -0.39 is 0 Å². The number of furan rings is 1. The Morgan fingerprint density at radius 3 is 2.50 bits per heavy atom. The number of hydrogen-bond acceptors (Lipinski definition) is 2. The molecule has 5 rings (SSSR count). The molecular weight excluding hydrogens is 370 g/mol. The predicted octanol–water partition coefficient (Wildman–Crippen LogP) is 6.42. The van der Waals surface area contributed by atoms with Gasteiger partial charge in [0.2, 0.25) is 0 Å². The van der Waals surface area contributed by atoms with Gasteiger partial charge in [0.05, 0.1) is 0 Å². The van der Waals surface area contributed by atoms with Crippen LogP contribution in [0.25, 0.3) is 22.5 Å². The minimum Gasteiger partial charge on any atom is -0.451 e. The van der Waals surface area contributed by atoms with Crippen molar-refractivity contribution in [2.24, 2.45) is 0 Å². The van der Waals surface area contributed by atoms with Crippen LogP contribution in [0.3, 0.4) is 0 Å². The largest absolute Gasteiger partial charge is 0.451 e. The second kappa shape index (κ2) is 6.70. The maximum atomic E-state index is 12.6. The van der Waals surface area contributed by atoms with Crippen molar-refractivity contribution in [3.05, 3.63) is 101 Å². The fourth-order valence-electron chi connectivity index (χ4n) is 3.64. The Morgan fingerprint density at radius 2 is 1.64 bits per heavy atom. The Kier molecular flexibility index (Phi) is 4.03. The molecule has 1 amide bonds. The molecule has 0 aliphatic heterocycles. The first-order valence-electron chi connectivity index (χ1n) is 9.06. The molecule has 0 bridgehead atoms. The zero-order valence-corrected chi connectivity index (χ0v) is 15.7. The van der Waals surface area contributed by atoms with Crippen LogP contribution in [-0.4, -0.2) is 5.91 Å². The summed E-state index contributed by atoms with van der Waals surface area (Å²) in [5.74, 6) is 0.635. The van der Waals surface area contributed by atoms with Gasteiger partial charge in [0, 0.05) is 16.3 Å². The second-order valence-electron chi connectivity index (χ2n) is 6.83. The van der Waals surface area contributed by atoms with Gasteiger partial charge in [-0.05, 0) is 77.2 Å². The Balaban J connectivity index is 1.35. The molecule has 4 aromatic rings. The lowest BCUT2D eigenvalue weighted by atomic mass is 10.1. The van der Waals surface area contributed by atoms with Crippen molar-refractivity contribution in [1.29, 1.82) is 0 Å². The summed E-state index contributed by atoms with van der Waals surface area (Å²) in [6, 6.07) is 25.2. The van der Waals surface area contributed by atoms with E-state index in [9.17, 15) is 4.79 Å². The Hall–Kier alpha value is -3.30. The highest BCUT2D eigenvalue weighted by atomic mass is 35.5. The van der Waals surface area contributed by atoms with E-state index in [1.54, 1.807) is 24.3 Å². The summed E-state index contributed by atoms with van der Waals surface area (Å²) in [5.41, 5.74) is 6.69. The lowest BCUT2D eigenvalue weighted by molar-refractivity contribution is 0.0997. The van der Waals surface area contributed by atoms with Gasteiger partial charge >= 0.3 is 0 Å². The van der Waals surface area contributed by atoms with E-state index >= 15 is 0 Å². The van der Waals surface area contributed by atoms with Crippen LogP contribution in [0.2, 0.25) is 5.02 Å². The molecule has 1 N–H and O–H groups in total. The second-order valence-corrected chi connectivity index (χ2v) is 7.27. The molecule has 3 aromatic carbocycles. The Bertz CT molecular complexity index is 1190. The lowest BCUT2D eigenvalue weighted by Crippen LogP contribution is -2.10. The fraction of sp³-hybridized carbons (Fsp3) is 0.0417. The number of halogens is 1. The standard InChI is InChI=1S/C24H16ClNO2/c25-18-7-5-15(6-8-18)22-11-12-23(28-22)24(27)26-19-9-10-21-17(14-19)13-16-3-1-2-4-20(16)21/h1-12,14H,13H2,(H,26,27). The average Bonchev–Trinajstić information content (AvgIpc) is 3.33. The van der Waals surface area contributed by atoms with Gasteiger partial charge in [-0.3, -0.25) is 4.79 Å². The van der Waals surface area contributed by atoms with E-state index in [1.165, 1.54) is 22.3 Å². The maximum absolute atomic E-state index is 12.6. The van der Waals surface area contributed by atoms with Gasteiger partial charge in [0.25, 0.3) is 5.91 Å². The molecule has 1 aromatic heterocycles. The molecule has 0 saturated carbocycles. The predicted molar refractivity (Wildman–Crippen MR) is 112 cm³/mol. The number of hydrogen-bond donors (Lipinski definition) is 1. The summed E-state index contributed by atoms with van der Waals surface area (Å²) in [6.07, 6.45) is 0.886. The van der Waals surface area contributed by atoms with Gasteiger partial charge in [-0.2, -0.15) is 0 Å². The van der Waals surface area contributed by atoms with Crippen molar-refractivity contribution < 1.29 is 9.21 Å². The Labute approximate surface area is 167 Å². The number of nitrogens with one attached hydrogen (secondary N) is 1. The van der Waals surface area contributed by atoms with E-state index in [0.29, 0.717) is 10.8 Å². The molecule has 1 aliphatic carbocycles. The molecule has 1 aliphatic rings. The van der Waals surface area contributed by atoms with Crippen LogP contribution in [0.5, 0.6) is 0 Å². The molecule has 4 heteroatoms. The first-order valence-corrected chi connectivity index (χ1v) is 9.43. The number of carbonyl (C=O) groups is 1. The summed E-state index contributed by atoms with van der Waals surface area (Å²) in [5, 5.41) is 3.59. The van der Waals surface area contributed by atoms with Crippen molar-refractivity contribution >= 4 is 23.2 Å². The van der Waals surface area contributed by atoms with Crippen molar-refractivity contribution in [2.45, 2.75) is 6.42 Å². The van der Waals surface area contributed by atoms with Crippen molar-refractivity contribution in [1.82, 2.24) is 0 Å². The number of carbonyl (C=O) groups excluding carboxylic acids is 1. The molecule has 0 radical (unpaired) electrons. The zero-order valence-electron chi connectivity index (χ0n) is 14.9. The van der Waals surface area contributed by atoms with Crippen LogP contribution in [0.1, 0.15) is 21.7 Å². The number of amides is 1. The normalized spacial score (nSPS) is 11.8. The highest BCUT2D eigenvalue weighted by molar-refractivity contribution is 6.30. The molecule has 0 atom stereocenters. The van der Waals surface area contributed by atoms with Gasteiger partial charge in [-0.15, -0.1) is 0 Å². The third-order valence-electron chi connectivity index (χ3n) is 5.01. The molecule has 0 saturated heterocycles. The minimum atomic E-state index is -0.268. The maximum Gasteiger partial charge on any atom is 0.291 e. The zero-order chi connectivity index (χ0) is 19.1. The van der Waals surface area contributed by atoms with Crippen molar-refractivity contribution in [3.63, 3.8) is 0 Å². The molecule has 28 heavy (non-hydrogen) atoms. The summed E-state index contributed by atoms with van der Waals surface area (Å²) in [4.78, 5) is 12.6. The number of benzene rings is 3. The van der Waals surface area contributed by atoms with Crippen LogP contribution in [0.15, 0.2) is 83.3 Å². The van der Waals surface area contributed by atoms with Crippen LogP contribution in [0.4, 0.5) is 5.69 Å². The van der Waals surface area contributed by atoms with Crippen molar-refractivity contribution in [3.8, 4) is 22.5 Å². The van der Waals surface area contributed by atoms with Crippen LogP contribution < -0.4 is 5.32 Å². The van der Waals surface area contributed by atoms with Crippen LogP contribution >= 0.6 is 11.6 Å². The summed E-state index contributed by atoms with van der Waals surface area (Å²) in [6.45, 7) is 0. The third-order valence-corrected chi connectivity index (χ3v) is 5.26. The molecule has 3 nitrogen and oxygen atoms in total. The smallest absolute Gasteiger partial charge is 0.291 e. The SMILES string of the molecule is O=C(Nc1ccc2c(c1)Cc1ccccc1-2)c1ccc(-c2ccc(Cl)cc2)o1. The van der Waals surface area contributed by atoms with Crippen LogP contribution in [-0.2, 0) is 6.42 Å². The van der Waals surface area contributed by atoms with Crippen LogP contribution in [0, 0.1) is 0 Å². The summed E-state index contributed by atoms with van der Waals surface area (Å²) >= 11 is 5.92. The summed E-state index contributed by atoms with van der Waals surface area (Å²) < 4.78 is 5.73. The summed E-state index contributed by atoms with van der Waals surface area (Å²) in [7, 11) is 0. The first kappa shape index (κ1) is 16.8. The number of fused-ring (bicyclic) bond motifs is 3. The van der Waals surface area contributed by atoms with Gasteiger partial charge in [-0.25, -0.2) is 0 Å². The quantitative estimate of drug-likeness (QED) is 0.389. The molecule has 136 valence electrons. The first-order chi connectivity index (χ1) is 13.7. The number of rotatable bonds is 3. The minimum absolute atomic E-state index is 0.268. The Morgan fingerprint density at radius 1 is 0.857 bits per heavy atom. The van der Waals surface area contributed by atoms with Gasteiger partial charge < -0.3 is 9.73 Å². The fourth-order valence-corrected chi connectivity index (χ4v) is 3.77. The highest BCUT2D eigenvalue weighted by Gasteiger charge is 2.19. The van der Waals surface area contributed by atoms with Gasteiger partial charge in [0.15, 0.2) is 5.76 Å². The lowest BCUT2D eigenvalue weighted by Gasteiger charge is -2.06. The van der Waals surface area contributed by atoms with Crippen molar-refractivity contribution in [2.75, 3.05) is 5.32 Å². The van der Waals surface area contributed by atoms with E-state index in [0.717, 1.165) is 17.7 Å². The number of anilines is 1. The molecular formula is C24H16ClNO2. The van der Waals surface area contributed by atoms with Gasteiger partial charge in [0.1, 0.15) is 5.76 Å². The molecule has 0 fully saturated rings. The average molecular weight is 386 g/mol. The molecule has 1 heterocycles. The molecule has 0 spiro atoms. The van der Waals surface area contributed by atoms with E-state index in [1.807, 2.05) is 24.3 Å². The molecule has 0 unspecified atom stereocenters. The highest BCUT2D eigenvalue weighted by Crippen LogP contribution is 2.37. The van der Waals surface area contributed by atoms with Gasteiger partial charge in [-0.1, -0.05) is 41.9 Å². The van der Waals surface area contributed by atoms with E-state index in [2.05, 4.69) is 35.6 Å². The topological polar surface area (TPSA) is 42.2 Å². The third kappa shape index (κ3) is 3.00. The monoisotopic (exact) mass is 385 g/mol.